The van der Waals surface area contributed by atoms with Gasteiger partial charge >= 0.3 is 5.97 Å². The molecule has 0 unspecified atom stereocenters. The minimum Gasteiger partial charge on any atom is -0.489 e. The van der Waals surface area contributed by atoms with Gasteiger partial charge in [-0.05, 0) is 53.1 Å². The lowest BCUT2D eigenvalue weighted by molar-refractivity contribution is -0.0883. The maximum atomic E-state index is 15.7. The summed E-state index contributed by atoms with van der Waals surface area (Å²) in [7, 11) is 4.70. The van der Waals surface area contributed by atoms with Crippen molar-refractivity contribution in [1.29, 1.82) is 5.26 Å². The molecule has 0 aliphatic carbocycles. The van der Waals surface area contributed by atoms with E-state index < -0.39 is 18.5 Å². The first-order valence-corrected chi connectivity index (χ1v) is 15.1. The quantitative estimate of drug-likeness (QED) is 0.151. The van der Waals surface area contributed by atoms with E-state index in [9.17, 15) is 10.1 Å². The molecule has 1 aliphatic heterocycles. The van der Waals surface area contributed by atoms with Gasteiger partial charge in [-0.25, -0.2) is 14.8 Å². The molecule has 3 aromatic carbocycles. The van der Waals surface area contributed by atoms with Gasteiger partial charge in [-0.15, -0.1) is 0 Å². The topological polar surface area (TPSA) is 118 Å². The number of benzene rings is 3. The number of rotatable bonds is 7. The van der Waals surface area contributed by atoms with E-state index in [0.29, 0.717) is 52.5 Å². The molecule has 6 rings (SSSR count). The Morgan fingerprint density at radius 1 is 1.02 bits per heavy atom. The number of nitriles is 1. The summed E-state index contributed by atoms with van der Waals surface area (Å²) < 4.78 is 60.8. The number of nitrogens with zero attached hydrogens (tertiary/aromatic N) is 4. The van der Waals surface area contributed by atoms with Crippen LogP contribution in [0, 0.1) is 11.3 Å². The van der Waals surface area contributed by atoms with Crippen molar-refractivity contribution in [2.45, 2.75) is 25.6 Å². The molecule has 0 radical (unpaired) electrons. The second kappa shape index (κ2) is 13.8. The molecule has 246 valence electrons. The van der Waals surface area contributed by atoms with E-state index in [1.807, 2.05) is 41.9 Å². The number of methoxy groups -OCH3 is 2. The van der Waals surface area contributed by atoms with Gasteiger partial charge in [0.2, 0.25) is 5.88 Å². The Kier molecular flexibility index (Phi) is 9.34. The average Bonchev–Trinajstić information content (AvgIpc) is 3.41. The smallest absolute Gasteiger partial charge is 0.338 e. The highest BCUT2D eigenvalue weighted by molar-refractivity contribution is 5.96. The number of fused-ring (bicyclic) bond motifs is 7. The molecule has 5 aromatic rings. The molecule has 1 aliphatic rings. The van der Waals surface area contributed by atoms with Gasteiger partial charge in [0.05, 0.1) is 48.7 Å². The first-order valence-electron chi connectivity index (χ1n) is 15.1. The Balaban J connectivity index is 1.39. The van der Waals surface area contributed by atoms with Crippen molar-refractivity contribution in [3.8, 4) is 29.0 Å². The summed E-state index contributed by atoms with van der Waals surface area (Å²) >= 11 is 0. The van der Waals surface area contributed by atoms with Crippen molar-refractivity contribution in [2.24, 2.45) is 7.05 Å². The number of aromatic nitrogens is 3. The highest BCUT2D eigenvalue weighted by Gasteiger charge is 2.35. The average molecular weight is 655 g/mol. The lowest BCUT2D eigenvalue weighted by atomic mass is 9.98. The zero-order valence-corrected chi connectivity index (χ0v) is 26.6. The number of imidazole rings is 1. The molecule has 12 heteroatoms. The van der Waals surface area contributed by atoms with E-state index >= 15 is 8.78 Å². The van der Waals surface area contributed by atoms with E-state index in [-0.39, 0.29) is 42.4 Å². The third-order valence-corrected chi connectivity index (χ3v) is 8.13. The van der Waals surface area contributed by atoms with Crippen molar-refractivity contribution in [1.82, 2.24) is 14.5 Å². The van der Waals surface area contributed by atoms with Gasteiger partial charge in [0.1, 0.15) is 36.9 Å². The van der Waals surface area contributed by atoms with Crippen molar-refractivity contribution in [2.75, 3.05) is 34.0 Å². The summed E-state index contributed by atoms with van der Waals surface area (Å²) in [5.41, 5.74) is 4.37. The number of pyridine rings is 1. The molecule has 3 heterocycles. The van der Waals surface area contributed by atoms with E-state index in [2.05, 4.69) is 4.98 Å². The number of ether oxygens (including phenoxy) is 5. The molecule has 0 saturated carbocycles. The van der Waals surface area contributed by atoms with Crippen molar-refractivity contribution < 1.29 is 37.3 Å². The van der Waals surface area contributed by atoms with Gasteiger partial charge in [-0.2, -0.15) is 14.0 Å². The van der Waals surface area contributed by atoms with Crippen LogP contribution in [0.15, 0.2) is 66.7 Å². The fourth-order valence-corrected chi connectivity index (χ4v) is 5.59. The first-order chi connectivity index (χ1) is 23.2. The SMILES string of the molecule is COCCOc1cc(C(=O)OC)cc2c1nc(Cc1ccc3cc1COCC(F)(F)c1cc(C#N)ccc1COc1cccc-3n1)n2C. The van der Waals surface area contributed by atoms with Crippen molar-refractivity contribution in [3.05, 3.63) is 106 Å². The second-order valence-corrected chi connectivity index (χ2v) is 11.3. The number of carbonyl (C=O) groups excluding carboxylic acids is 1. The van der Waals surface area contributed by atoms with Gasteiger partial charge < -0.3 is 28.3 Å². The maximum Gasteiger partial charge on any atom is 0.338 e. The van der Waals surface area contributed by atoms with Crippen LogP contribution in [0.5, 0.6) is 11.6 Å². The summed E-state index contributed by atoms with van der Waals surface area (Å²) in [6.45, 7) is -0.599. The number of esters is 1. The summed E-state index contributed by atoms with van der Waals surface area (Å²) in [6.07, 6.45) is 0.316. The number of halogens is 2. The summed E-state index contributed by atoms with van der Waals surface area (Å²) in [4.78, 5) is 21.9. The predicted octanol–water partition coefficient (Wildman–Crippen LogP) is 6.11. The molecule has 0 N–H and O–H groups in total. The zero-order valence-electron chi connectivity index (χ0n) is 26.6. The Morgan fingerprint density at radius 2 is 1.88 bits per heavy atom. The maximum absolute atomic E-state index is 15.7. The number of aryl methyl sites for hydroxylation is 1. The van der Waals surface area contributed by atoms with Crippen molar-refractivity contribution >= 4 is 17.0 Å². The molecule has 4 bridgehead atoms. The molecule has 0 atom stereocenters. The number of alkyl halides is 2. The van der Waals surface area contributed by atoms with Gasteiger partial charge in [-0.3, -0.25) is 0 Å². The van der Waals surface area contributed by atoms with Crippen LogP contribution in [-0.4, -0.2) is 54.5 Å². The summed E-state index contributed by atoms with van der Waals surface area (Å²) in [6, 6.07) is 20.3. The Hall–Kier alpha value is -5.38. The molecule has 0 fully saturated rings. The van der Waals surface area contributed by atoms with Crippen LogP contribution in [0.25, 0.3) is 22.3 Å². The number of carbonyl (C=O) groups is 1. The Labute approximate surface area is 275 Å². The van der Waals surface area contributed by atoms with E-state index in [1.165, 1.54) is 25.3 Å². The van der Waals surface area contributed by atoms with Crippen LogP contribution in [-0.2, 0) is 46.8 Å². The molecule has 10 nitrogen and oxygen atoms in total. The molecular weight excluding hydrogens is 622 g/mol. The molecular formula is C36H32F2N4O6. The van der Waals surface area contributed by atoms with Crippen LogP contribution >= 0.6 is 0 Å². The van der Waals surface area contributed by atoms with E-state index in [0.717, 1.165) is 11.1 Å². The van der Waals surface area contributed by atoms with Crippen LogP contribution in [0.2, 0.25) is 0 Å². The third-order valence-electron chi connectivity index (χ3n) is 8.13. The molecule has 48 heavy (non-hydrogen) atoms. The largest absolute Gasteiger partial charge is 0.489 e. The molecule has 2 aromatic heterocycles. The van der Waals surface area contributed by atoms with Crippen LogP contribution in [0.1, 0.15) is 44.0 Å². The van der Waals surface area contributed by atoms with Gasteiger partial charge in [-0.1, -0.05) is 24.3 Å². The lowest BCUT2D eigenvalue weighted by Crippen LogP contribution is -2.24. The molecule has 0 spiro atoms. The minimum absolute atomic E-state index is 0.109. The van der Waals surface area contributed by atoms with E-state index in [1.54, 1.807) is 31.4 Å². The highest BCUT2D eigenvalue weighted by Crippen LogP contribution is 2.35. The van der Waals surface area contributed by atoms with Crippen molar-refractivity contribution in [3.63, 3.8) is 0 Å². The van der Waals surface area contributed by atoms with Gasteiger partial charge in [0.15, 0.2) is 0 Å². The van der Waals surface area contributed by atoms with Gasteiger partial charge in [0, 0.05) is 37.8 Å². The second-order valence-electron chi connectivity index (χ2n) is 11.3. The lowest BCUT2D eigenvalue weighted by Gasteiger charge is -2.22. The normalized spacial score (nSPS) is 13.9. The fourth-order valence-electron chi connectivity index (χ4n) is 5.59. The highest BCUT2D eigenvalue weighted by atomic mass is 19.3. The minimum atomic E-state index is -3.41. The fraction of sp³-hybridized carbons (Fsp3) is 0.278. The Bertz CT molecular complexity index is 2040. The molecule has 0 amide bonds. The summed E-state index contributed by atoms with van der Waals surface area (Å²) in [5.74, 6) is -2.60. The van der Waals surface area contributed by atoms with Gasteiger partial charge in [0.25, 0.3) is 5.92 Å². The van der Waals surface area contributed by atoms with Crippen LogP contribution < -0.4 is 9.47 Å². The Morgan fingerprint density at radius 3 is 2.67 bits per heavy atom. The molecule has 0 saturated heterocycles. The zero-order chi connectivity index (χ0) is 33.8. The van der Waals surface area contributed by atoms with E-state index in [4.69, 9.17) is 28.7 Å². The van der Waals surface area contributed by atoms with Crippen LogP contribution in [0.4, 0.5) is 8.78 Å². The first kappa shape index (κ1) is 32.6. The standard InChI is InChI=1S/C36H32F2N4O6/c1-42-30-15-26(35(43)45-3)16-31(47-12-11-44-2)34(30)41-32(42)17-23-9-10-24-14-27(23)19-46-21-36(37,38)28-13-22(18-39)7-8-25(28)20-48-33-6-4-5-29(24)40-33/h4-10,13-16H,11-12,17,19-21H2,1-3H3. The summed E-state index contributed by atoms with van der Waals surface area (Å²) in [5, 5.41) is 9.38. The monoisotopic (exact) mass is 654 g/mol. The third kappa shape index (κ3) is 6.69. The predicted molar refractivity (Wildman–Crippen MR) is 171 cm³/mol. The number of hydrogen-bond acceptors (Lipinski definition) is 9. The number of hydrogen-bond donors (Lipinski definition) is 0. The van der Waals surface area contributed by atoms with Crippen LogP contribution in [0.3, 0.4) is 0 Å².